The van der Waals surface area contributed by atoms with Crippen LogP contribution in [0.3, 0.4) is 0 Å². The highest BCUT2D eigenvalue weighted by Crippen LogP contribution is 2.34. The third-order valence-electron chi connectivity index (χ3n) is 6.25. The zero-order valence-corrected chi connectivity index (χ0v) is 18.6. The van der Waals surface area contributed by atoms with Gasteiger partial charge in [0.2, 0.25) is 0 Å². The average molecular weight is 449 g/mol. The lowest BCUT2D eigenvalue weighted by molar-refractivity contribution is 0.0731. The molecule has 164 valence electrons. The fraction of sp³-hybridized carbons (Fsp3) is 0.240. The Morgan fingerprint density at radius 3 is 2.34 bits per heavy atom. The molecule has 0 unspecified atom stereocenters. The Hall–Kier alpha value is -3.32. The molecule has 3 aromatic carbocycles. The number of amides is 1. The van der Waals surface area contributed by atoms with Gasteiger partial charge in [0.25, 0.3) is 15.9 Å². The number of sulfonamides is 1. The van der Waals surface area contributed by atoms with Crippen LogP contribution in [0.5, 0.6) is 5.75 Å². The molecule has 0 aromatic heterocycles. The Bertz CT molecular complexity index is 1300. The van der Waals surface area contributed by atoms with E-state index in [1.807, 2.05) is 42.5 Å². The van der Waals surface area contributed by atoms with E-state index in [-0.39, 0.29) is 16.4 Å². The van der Waals surface area contributed by atoms with Crippen LogP contribution in [-0.2, 0) is 29.4 Å². The number of ether oxygens (including phenoxy) is 1. The molecule has 0 aliphatic carbocycles. The molecule has 0 N–H and O–H groups in total. The molecule has 7 heteroatoms. The van der Waals surface area contributed by atoms with Gasteiger partial charge in [-0.25, -0.2) is 8.42 Å². The second-order valence-electron chi connectivity index (χ2n) is 8.06. The van der Waals surface area contributed by atoms with E-state index in [0.717, 1.165) is 17.5 Å². The van der Waals surface area contributed by atoms with Gasteiger partial charge < -0.3 is 9.64 Å². The molecule has 2 aliphatic heterocycles. The smallest absolute Gasteiger partial charge is 0.264 e. The summed E-state index contributed by atoms with van der Waals surface area (Å²) in [4.78, 5) is 15.3. The van der Waals surface area contributed by atoms with Crippen LogP contribution >= 0.6 is 0 Å². The molecule has 0 saturated carbocycles. The summed E-state index contributed by atoms with van der Waals surface area (Å²) in [5.74, 6) is 0.143. The number of rotatable bonds is 4. The molecule has 1 amide bonds. The van der Waals surface area contributed by atoms with Gasteiger partial charge in [-0.05, 0) is 53.8 Å². The van der Waals surface area contributed by atoms with E-state index in [1.165, 1.54) is 29.1 Å². The summed E-state index contributed by atoms with van der Waals surface area (Å²) in [5, 5.41) is 0. The van der Waals surface area contributed by atoms with Gasteiger partial charge in [-0.1, -0.05) is 42.5 Å². The third-order valence-corrected chi connectivity index (χ3v) is 8.06. The Morgan fingerprint density at radius 2 is 1.56 bits per heavy atom. The molecular formula is C25H24N2O4S. The van der Waals surface area contributed by atoms with Crippen molar-refractivity contribution in [1.82, 2.24) is 4.90 Å². The van der Waals surface area contributed by atoms with Gasteiger partial charge in [-0.15, -0.1) is 0 Å². The standard InChI is InChI=1S/C25H24N2O4S/c1-31-24-11-10-21(32(29,30)27-15-13-19-7-4-5-9-23(19)27)16-22(24)25(28)26-14-12-18-6-2-3-8-20(18)17-26/h2-11,16H,12-15,17H2,1H3. The molecule has 6 nitrogen and oxygen atoms in total. The molecule has 0 spiro atoms. The van der Waals surface area contributed by atoms with E-state index in [1.54, 1.807) is 11.0 Å². The molecule has 2 aliphatic rings. The molecule has 0 fully saturated rings. The van der Waals surface area contributed by atoms with Crippen molar-refractivity contribution >= 4 is 21.6 Å². The molecule has 2 heterocycles. The topological polar surface area (TPSA) is 66.9 Å². The number of benzene rings is 3. The van der Waals surface area contributed by atoms with Crippen LogP contribution in [0.25, 0.3) is 0 Å². The maximum Gasteiger partial charge on any atom is 0.264 e. The van der Waals surface area contributed by atoms with Crippen molar-refractivity contribution in [1.29, 1.82) is 0 Å². The number of anilines is 1. The first-order chi connectivity index (χ1) is 15.5. The number of hydrogen-bond donors (Lipinski definition) is 0. The van der Waals surface area contributed by atoms with E-state index < -0.39 is 10.0 Å². The zero-order valence-electron chi connectivity index (χ0n) is 17.8. The van der Waals surface area contributed by atoms with Gasteiger partial charge in [0, 0.05) is 19.6 Å². The van der Waals surface area contributed by atoms with E-state index >= 15 is 0 Å². The molecule has 0 bridgehead atoms. The summed E-state index contributed by atoms with van der Waals surface area (Å²) in [5.41, 5.74) is 4.33. The van der Waals surface area contributed by atoms with Crippen LogP contribution in [0.4, 0.5) is 5.69 Å². The van der Waals surface area contributed by atoms with E-state index in [9.17, 15) is 13.2 Å². The van der Waals surface area contributed by atoms with Gasteiger partial charge in [-0.3, -0.25) is 9.10 Å². The number of fused-ring (bicyclic) bond motifs is 2. The Labute approximate surface area is 188 Å². The Kier molecular flexibility index (Phi) is 5.13. The SMILES string of the molecule is COc1ccc(S(=O)(=O)N2CCc3ccccc32)cc1C(=O)N1CCc2ccccc2C1. The van der Waals surface area contributed by atoms with Crippen molar-refractivity contribution in [2.24, 2.45) is 0 Å². The predicted octanol–water partition coefficient (Wildman–Crippen LogP) is 3.65. The summed E-state index contributed by atoms with van der Waals surface area (Å²) >= 11 is 0. The highest BCUT2D eigenvalue weighted by molar-refractivity contribution is 7.92. The highest BCUT2D eigenvalue weighted by atomic mass is 32.2. The lowest BCUT2D eigenvalue weighted by atomic mass is 9.99. The largest absolute Gasteiger partial charge is 0.496 e. The van der Waals surface area contributed by atoms with Gasteiger partial charge in [0.05, 0.1) is 23.3 Å². The highest BCUT2D eigenvalue weighted by Gasteiger charge is 2.32. The van der Waals surface area contributed by atoms with Crippen LogP contribution in [0.1, 0.15) is 27.0 Å². The molecule has 5 rings (SSSR count). The van der Waals surface area contributed by atoms with Gasteiger partial charge in [0.1, 0.15) is 5.75 Å². The van der Waals surface area contributed by atoms with Crippen molar-refractivity contribution < 1.29 is 17.9 Å². The average Bonchev–Trinajstić information content (AvgIpc) is 3.28. The first-order valence-electron chi connectivity index (χ1n) is 10.6. The quantitative estimate of drug-likeness (QED) is 0.611. The summed E-state index contributed by atoms with van der Waals surface area (Å²) in [6.07, 6.45) is 1.44. The van der Waals surface area contributed by atoms with Crippen molar-refractivity contribution in [3.05, 3.63) is 89.0 Å². The van der Waals surface area contributed by atoms with Crippen molar-refractivity contribution in [2.75, 3.05) is 24.5 Å². The second kappa shape index (κ2) is 7.98. The second-order valence-corrected chi connectivity index (χ2v) is 9.93. The molecule has 0 saturated heterocycles. The van der Waals surface area contributed by atoms with Gasteiger partial charge in [0.15, 0.2) is 0 Å². The molecule has 32 heavy (non-hydrogen) atoms. The number of hydrogen-bond acceptors (Lipinski definition) is 4. The van der Waals surface area contributed by atoms with Gasteiger partial charge in [-0.2, -0.15) is 0 Å². The Morgan fingerprint density at radius 1 is 0.875 bits per heavy atom. The first-order valence-corrected chi connectivity index (χ1v) is 12.1. The van der Waals surface area contributed by atoms with Crippen molar-refractivity contribution in [2.45, 2.75) is 24.3 Å². The zero-order chi connectivity index (χ0) is 22.3. The summed E-state index contributed by atoms with van der Waals surface area (Å²) in [6.45, 7) is 1.46. The van der Waals surface area contributed by atoms with E-state index in [2.05, 4.69) is 6.07 Å². The van der Waals surface area contributed by atoms with Crippen LogP contribution in [0.2, 0.25) is 0 Å². The van der Waals surface area contributed by atoms with Crippen LogP contribution in [0, 0.1) is 0 Å². The fourth-order valence-corrected chi connectivity index (χ4v) is 6.07. The van der Waals surface area contributed by atoms with Crippen LogP contribution < -0.4 is 9.04 Å². The fourth-order valence-electron chi connectivity index (χ4n) is 4.54. The summed E-state index contributed by atoms with van der Waals surface area (Å²) < 4.78 is 33.8. The van der Waals surface area contributed by atoms with E-state index in [0.29, 0.717) is 37.5 Å². The monoisotopic (exact) mass is 448 g/mol. The first kappa shape index (κ1) is 20.6. The number of methoxy groups -OCH3 is 1. The molecule has 0 radical (unpaired) electrons. The minimum absolute atomic E-state index is 0.0933. The predicted molar refractivity (Wildman–Crippen MR) is 123 cm³/mol. The van der Waals surface area contributed by atoms with Crippen molar-refractivity contribution in [3.63, 3.8) is 0 Å². The summed E-state index contributed by atoms with van der Waals surface area (Å²) in [6, 6.07) is 20.1. The normalized spacial score (nSPS) is 15.3. The number of para-hydroxylation sites is 1. The maximum atomic E-state index is 13.5. The number of carbonyl (C=O) groups is 1. The molecule has 0 atom stereocenters. The lowest BCUT2D eigenvalue weighted by Crippen LogP contribution is -2.36. The van der Waals surface area contributed by atoms with Crippen molar-refractivity contribution in [3.8, 4) is 5.75 Å². The van der Waals surface area contributed by atoms with Crippen LogP contribution in [0.15, 0.2) is 71.6 Å². The summed E-state index contributed by atoms with van der Waals surface area (Å²) in [7, 11) is -2.32. The Balaban J connectivity index is 1.49. The number of carbonyl (C=O) groups excluding carboxylic acids is 1. The lowest BCUT2D eigenvalue weighted by Gasteiger charge is -2.29. The van der Waals surface area contributed by atoms with E-state index in [4.69, 9.17) is 4.74 Å². The minimum atomic E-state index is -3.81. The van der Waals surface area contributed by atoms with Gasteiger partial charge >= 0.3 is 0 Å². The maximum absolute atomic E-state index is 13.5. The molecular weight excluding hydrogens is 424 g/mol. The molecule has 3 aromatic rings. The third kappa shape index (κ3) is 3.42. The van der Waals surface area contributed by atoms with Crippen LogP contribution in [-0.4, -0.2) is 39.4 Å². The number of nitrogens with zero attached hydrogens (tertiary/aromatic N) is 2. The minimum Gasteiger partial charge on any atom is -0.496 e.